The SMILES string of the molecule is Cc1cc(Cc2ncnc(C)c2C)nc(C)c1C. The molecule has 0 aliphatic heterocycles. The smallest absolute Gasteiger partial charge is 0.115 e. The molecule has 2 rings (SSSR count). The van der Waals surface area contributed by atoms with Gasteiger partial charge in [-0.1, -0.05) is 0 Å². The predicted molar refractivity (Wildman–Crippen MR) is 72.8 cm³/mol. The summed E-state index contributed by atoms with van der Waals surface area (Å²) in [5, 5.41) is 0. The fourth-order valence-electron chi connectivity index (χ4n) is 2.00. The zero-order valence-corrected chi connectivity index (χ0v) is 11.7. The van der Waals surface area contributed by atoms with E-state index in [0.717, 1.165) is 34.8 Å². The fourth-order valence-corrected chi connectivity index (χ4v) is 2.00. The number of aromatic nitrogens is 3. The van der Waals surface area contributed by atoms with Crippen LogP contribution in [0.4, 0.5) is 0 Å². The number of pyridine rings is 1. The van der Waals surface area contributed by atoms with E-state index in [2.05, 4.69) is 48.7 Å². The van der Waals surface area contributed by atoms with Crippen molar-refractivity contribution >= 4 is 0 Å². The van der Waals surface area contributed by atoms with Crippen LogP contribution in [0.25, 0.3) is 0 Å². The maximum absolute atomic E-state index is 4.64. The lowest BCUT2D eigenvalue weighted by Gasteiger charge is -2.10. The highest BCUT2D eigenvalue weighted by molar-refractivity contribution is 5.33. The van der Waals surface area contributed by atoms with E-state index in [1.165, 1.54) is 11.1 Å². The van der Waals surface area contributed by atoms with Crippen LogP contribution in [0.5, 0.6) is 0 Å². The molecule has 0 aliphatic carbocycles. The minimum Gasteiger partial charge on any atom is -0.257 e. The molecule has 18 heavy (non-hydrogen) atoms. The van der Waals surface area contributed by atoms with Crippen LogP contribution in [-0.2, 0) is 6.42 Å². The van der Waals surface area contributed by atoms with E-state index >= 15 is 0 Å². The van der Waals surface area contributed by atoms with Crippen molar-refractivity contribution in [2.24, 2.45) is 0 Å². The Morgan fingerprint density at radius 3 is 2.28 bits per heavy atom. The van der Waals surface area contributed by atoms with E-state index < -0.39 is 0 Å². The highest BCUT2D eigenvalue weighted by Crippen LogP contribution is 2.16. The van der Waals surface area contributed by atoms with Crippen LogP contribution in [0.15, 0.2) is 12.4 Å². The minimum atomic E-state index is 0.775. The molecule has 0 fully saturated rings. The largest absolute Gasteiger partial charge is 0.257 e. The molecule has 0 aliphatic rings. The molecule has 2 aromatic rings. The molecular formula is C15H19N3. The van der Waals surface area contributed by atoms with Crippen molar-refractivity contribution in [2.45, 2.75) is 41.0 Å². The van der Waals surface area contributed by atoms with E-state index in [4.69, 9.17) is 0 Å². The van der Waals surface area contributed by atoms with Gasteiger partial charge in [0.05, 0.1) is 5.69 Å². The molecular weight excluding hydrogens is 222 g/mol. The van der Waals surface area contributed by atoms with E-state index in [-0.39, 0.29) is 0 Å². The van der Waals surface area contributed by atoms with Gasteiger partial charge in [-0.3, -0.25) is 4.98 Å². The van der Waals surface area contributed by atoms with Gasteiger partial charge < -0.3 is 0 Å². The van der Waals surface area contributed by atoms with Gasteiger partial charge in [0.25, 0.3) is 0 Å². The number of rotatable bonds is 2. The van der Waals surface area contributed by atoms with Crippen molar-refractivity contribution in [1.29, 1.82) is 0 Å². The quantitative estimate of drug-likeness (QED) is 0.811. The third kappa shape index (κ3) is 2.40. The molecule has 0 saturated carbocycles. The van der Waals surface area contributed by atoms with Crippen LogP contribution in [-0.4, -0.2) is 15.0 Å². The second-order valence-corrected chi connectivity index (χ2v) is 4.85. The van der Waals surface area contributed by atoms with E-state index in [1.807, 2.05) is 6.92 Å². The molecule has 3 nitrogen and oxygen atoms in total. The maximum atomic E-state index is 4.64. The second-order valence-electron chi connectivity index (χ2n) is 4.85. The second kappa shape index (κ2) is 4.84. The Kier molecular flexibility index (Phi) is 3.41. The van der Waals surface area contributed by atoms with Crippen LogP contribution in [0, 0.1) is 34.6 Å². The molecule has 0 saturated heterocycles. The van der Waals surface area contributed by atoms with Crippen LogP contribution >= 0.6 is 0 Å². The van der Waals surface area contributed by atoms with Gasteiger partial charge in [0.2, 0.25) is 0 Å². The first-order valence-corrected chi connectivity index (χ1v) is 6.20. The molecule has 0 radical (unpaired) electrons. The minimum absolute atomic E-state index is 0.775. The Morgan fingerprint density at radius 2 is 1.61 bits per heavy atom. The van der Waals surface area contributed by atoms with Gasteiger partial charge in [-0.15, -0.1) is 0 Å². The molecule has 0 unspecified atom stereocenters. The first-order chi connectivity index (χ1) is 8.49. The summed E-state index contributed by atoms with van der Waals surface area (Å²) >= 11 is 0. The van der Waals surface area contributed by atoms with Crippen molar-refractivity contribution in [3.8, 4) is 0 Å². The molecule has 2 heterocycles. The number of aryl methyl sites for hydroxylation is 3. The average molecular weight is 241 g/mol. The lowest BCUT2D eigenvalue weighted by Crippen LogP contribution is -2.03. The lowest BCUT2D eigenvalue weighted by atomic mass is 10.0. The predicted octanol–water partition coefficient (Wildman–Crippen LogP) is 3.00. The molecule has 0 spiro atoms. The van der Waals surface area contributed by atoms with Crippen molar-refractivity contribution in [3.05, 3.63) is 51.9 Å². The molecule has 0 atom stereocenters. The standard InChI is InChI=1S/C15H19N3/c1-9-6-14(18-13(5)10(9)2)7-15-11(3)12(4)16-8-17-15/h6,8H,7H2,1-5H3. The van der Waals surface area contributed by atoms with Crippen molar-refractivity contribution < 1.29 is 0 Å². The van der Waals surface area contributed by atoms with Gasteiger partial charge in [0.15, 0.2) is 0 Å². The van der Waals surface area contributed by atoms with Crippen LogP contribution < -0.4 is 0 Å². The Labute approximate surface area is 108 Å². The third-order valence-corrected chi connectivity index (χ3v) is 3.62. The zero-order chi connectivity index (χ0) is 13.3. The summed E-state index contributed by atoms with van der Waals surface area (Å²) in [6.07, 6.45) is 2.41. The summed E-state index contributed by atoms with van der Waals surface area (Å²) in [5.41, 5.74) is 8.02. The van der Waals surface area contributed by atoms with Gasteiger partial charge in [0.1, 0.15) is 6.33 Å². The number of hydrogen-bond acceptors (Lipinski definition) is 3. The average Bonchev–Trinajstić information content (AvgIpc) is 2.32. The Bertz CT molecular complexity index is 565. The van der Waals surface area contributed by atoms with Gasteiger partial charge in [-0.05, 0) is 57.4 Å². The first-order valence-electron chi connectivity index (χ1n) is 6.20. The maximum Gasteiger partial charge on any atom is 0.115 e. The zero-order valence-electron chi connectivity index (χ0n) is 11.7. The molecule has 2 aromatic heterocycles. The van der Waals surface area contributed by atoms with Gasteiger partial charge in [-0.25, -0.2) is 9.97 Å². The van der Waals surface area contributed by atoms with Crippen LogP contribution in [0.2, 0.25) is 0 Å². The lowest BCUT2D eigenvalue weighted by molar-refractivity contribution is 0.924. The topological polar surface area (TPSA) is 38.7 Å². The summed E-state index contributed by atoms with van der Waals surface area (Å²) in [6.45, 7) is 10.4. The Hall–Kier alpha value is -1.77. The number of hydrogen-bond donors (Lipinski definition) is 0. The summed E-state index contributed by atoms with van der Waals surface area (Å²) in [5.74, 6) is 0. The monoisotopic (exact) mass is 241 g/mol. The van der Waals surface area contributed by atoms with Crippen LogP contribution in [0.3, 0.4) is 0 Å². The number of nitrogens with zero attached hydrogens (tertiary/aromatic N) is 3. The molecule has 0 bridgehead atoms. The molecule has 0 amide bonds. The van der Waals surface area contributed by atoms with Crippen molar-refractivity contribution in [3.63, 3.8) is 0 Å². The van der Waals surface area contributed by atoms with Crippen molar-refractivity contribution in [1.82, 2.24) is 15.0 Å². The molecule has 0 aromatic carbocycles. The summed E-state index contributed by atoms with van der Waals surface area (Å²) in [7, 11) is 0. The summed E-state index contributed by atoms with van der Waals surface area (Å²) in [4.78, 5) is 13.2. The van der Waals surface area contributed by atoms with Gasteiger partial charge in [0, 0.05) is 23.5 Å². The van der Waals surface area contributed by atoms with Crippen LogP contribution in [0.1, 0.15) is 39.5 Å². The molecule has 94 valence electrons. The highest BCUT2D eigenvalue weighted by Gasteiger charge is 2.08. The first kappa shape index (κ1) is 12.7. The third-order valence-electron chi connectivity index (χ3n) is 3.62. The Balaban J connectivity index is 2.37. The molecule has 0 N–H and O–H groups in total. The summed E-state index contributed by atoms with van der Waals surface area (Å²) < 4.78 is 0. The van der Waals surface area contributed by atoms with Gasteiger partial charge in [-0.2, -0.15) is 0 Å². The highest BCUT2D eigenvalue weighted by atomic mass is 14.8. The van der Waals surface area contributed by atoms with E-state index in [9.17, 15) is 0 Å². The summed E-state index contributed by atoms with van der Waals surface area (Å²) in [6, 6.07) is 2.15. The van der Waals surface area contributed by atoms with Crippen molar-refractivity contribution in [2.75, 3.05) is 0 Å². The Morgan fingerprint density at radius 1 is 0.889 bits per heavy atom. The molecule has 3 heteroatoms. The van der Waals surface area contributed by atoms with E-state index in [0.29, 0.717) is 0 Å². The van der Waals surface area contributed by atoms with Gasteiger partial charge >= 0.3 is 0 Å². The normalized spacial score (nSPS) is 10.7. The van der Waals surface area contributed by atoms with E-state index in [1.54, 1.807) is 6.33 Å². The fraction of sp³-hybridized carbons (Fsp3) is 0.400.